The highest BCUT2D eigenvalue weighted by atomic mass is 32.2. The van der Waals surface area contributed by atoms with Gasteiger partial charge in [-0.1, -0.05) is 20.3 Å². The summed E-state index contributed by atoms with van der Waals surface area (Å²) in [6.45, 7) is 6.83. The zero-order valence-electron chi connectivity index (χ0n) is 10.0. The van der Waals surface area contributed by atoms with Gasteiger partial charge in [-0.25, -0.2) is 0 Å². The molecule has 0 saturated heterocycles. The van der Waals surface area contributed by atoms with Gasteiger partial charge in [0.1, 0.15) is 6.04 Å². The maximum Gasteiger partial charge on any atom is 0.322 e. The molecule has 0 aliphatic heterocycles. The fourth-order valence-electron chi connectivity index (χ4n) is 1.16. The van der Waals surface area contributed by atoms with Crippen LogP contribution < -0.4 is 9.44 Å². The highest BCUT2D eigenvalue weighted by molar-refractivity contribution is 7.87. The second kappa shape index (κ2) is 6.17. The zero-order chi connectivity index (χ0) is 12.9. The molecule has 7 heteroatoms. The van der Waals surface area contributed by atoms with E-state index < -0.39 is 22.2 Å². The van der Waals surface area contributed by atoms with Crippen LogP contribution in [0.3, 0.4) is 0 Å². The quantitative estimate of drug-likeness (QED) is 0.608. The van der Waals surface area contributed by atoms with Gasteiger partial charge in [-0.15, -0.1) is 0 Å². The molecule has 0 bridgehead atoms. The summed E-state index contributed by atoms with van der Waals surface area (Å²) in [5.74, 6) is -1.43. The Bertz CT molecular complexity index is 326. The van der Waals surface area contributed by atoms with E-state index in [0.29, 0.717) is 6.42 Å². The molecule has 0 heterocycles. The normalized spacial score (nSPS) is 16.1. The van der Waals surface area contributed by atoms with Crippen LogP contribution in [0, 0.1) is 5.92 Å². The van der Waals surface area contributed by atoms with Gasteiger partial charge in [-0.2, -0.15) is 17.9 Å². The maximum atomic E-state index is 11.5. The summed E-state index contributed by atoms with van der Waals surface area (Å²) in [4.78, 5) is 10.9. The SMILES string of the molecule is CCC(C)[C@H](NS(=O)(=O)NC(C)C)C(=O)O. The average Bonchev–Trinajstić information content (AvgIpc) is 2.10. The van der Waals surface area contributed by atoms with Gasteiger partial charge in [0.05, 0.1) is 0 Å². The first-order valence-corrected chi connectivity index (χ1v) is 6.70. The maximum absolute atomic E-state index is 11.5. The predicted octanol–water partition coefficient (Wildman–Crippen LogP) is 0.318. The molecule has 0 aromatic rings. The van der Waals surface area contributed by atoms with Gasteiger partial charge in [0.25, 0.3) is 10.2 Å². The molecule has 0 aromatic heterocycles. The summed E-state index contributed by atoms with van der Waals surface area (Å²) in [7, 11) is -3.76. The molecular formula is C9H20N2O4S. The largest absolute Gasteiger partial charge is 0.480 e. The monoisotopic (exact) mass is 252 g/mol. The number of carbonyl (C=O) groups is 1. The minimum absolute atomic E-state index is 0.263. The molecule has 2 atom stereocenters. The lowest BCUT2D eigenvalue weighted by atomic mass is 10.0. The van der Waals surface area contributed by atoms with Gasteiger partial charge in [0, 0.05) is 6.04 Å². The Morgan fingerprint density at radius 1 is 1.25 bits per heavy atom. The van der Waals surface area contributed by atoms with Crippen LogP contribution in [-0.4, -0.2) is 31.6 Å². The molecule has 1 unspecified atom stereocenters. The highest BCUT2D eigenvalue weighted by Crippen LogP contribution is 2.08. The van der Waals surface area contributed by atoms with E-state index in [1.54, 1.807) is 20.8 Å². The van der Waals surface area contributed by atoms with E-state index >= 15 is 0 Å². The minimum Gasteiger partial charge on any atom is -0.480 e. The Balaban J connectivity index is 4.70. The zero-order valence-corrected chi connectivity index (χ0v) is 10.8. The lowest BCUT2D eigenvalue weighted by Crippen LogP contribution is -2.50. The average molecular weight is 252 g/mol. The Kier molecular flexibility index (Phi) is 5.91. The van der Waals surface area contributed by atoms with E-state index in [2.05, 4.69) is 9.44 Å². The van der Waals surface area contributed by atoms with Crippen molar-refractivity contribution in [3.63, 3.8) is 0 Å². The van der Waals surface area contributed by atoms with Crippen molar-refractivity contribution in [1.29, 1.82) is 0 Å². The fraction of sp³-hybridized carbons (Fsp3) is 0.889. The fourth-order valence-corrected chi connectivity index (χ4v) is 2.51. The van der Waals surface area contributed by atoms with E-state index in [1.165, 1.54) is 0 Å². The van der Waals surface area contributed by atoms with Crippen molar-refractivity contribution in [2.24, 2.45) is 5.92 Å². The Labute approximate surface area is 96.6 Å². The molecule has 3 N–H and O–H groups in total. The Hall–Kier alpha value is -0.660. The molecule has 0 rings (SSSR count). The molecular weight excluding hydrogens is 232 g/mol. The van der Waals surface area contributed by atoms with Gasteiger partial charge in [-0.3, -0.25) is 4.79 Å². The number of rotatable bonds is 7. The van der Waals surface area contributed by atoms with Gasteiger partial charge in [0.15, 0.2) is 0 Å². The first-order valence-electron chi connectivity index (χ1n) is 5.22. The highest BCUT2D eigenvalue weighted by Gasteiger charge is 2.28. The van der Waals surface area contributed by atoms with Crippen molar-refractivity contribution >= 4 is 16.2 Å². The topological polar surface area (TPSA) is 95.5 Å². The molecule has 0 fully saturated rings. The third-order valence-corrected chi connectivity index (χ3v) is 3.50. The van der Waals surface area contributed by atoms with Crippen LogP contribution in [0.1, 0.15) is 34.1 Å². The number of aliphatic carboxylic acids is 1. The number of carboxylic acids is 1. The van der Waals surface area contributed by atoms with Crippen molar-refractivity contribution in [1.82, 2.24) is 9.44 Å². The van der Waals surface area contributed by atoms with E-state index in [4.69, 9.17) is 5.11 Å². The van der Waals surface area contributed by atoms with Crippen molar-refractivity contribution in [3.05, 3.63) is 0 Å². The van der Waals surface area contributed by atoms with Gasteiger partial charge in [0.2, 0.25) is 0 Å². The Morgan fingerprint density at radius 2 is 1.75 bits per heavy atom. The number of carboxylic acid groups (broad SMARTS) is 1. The van der Waals surface area contributed by atoms with Crippen molar-refractivity contribution in [2.45, 2.75) is 46.2 Å². The molecule has 0 aliphatic carbocycles. The molecule has 0 spiro atoms. The molecule has 0 amide bonds. The van der Waals surface area contributed by atoms with Crippen LogP contribution in [0.5, 0.6) is 0 Å². The van der Waals surface area contributed by atoms with Gasteiger partial charge >= 0.3 is 5.97 Å². The molecule has 6 nitrogen and oxygen atoms in total. The first-order chi connectivity index (χ1) is 7.19. The molecule has 0 aromatic carbocycles. The lowest BCUT2D eigenvalue weighted by molar-refractivity contribution is -0.140. The number of hydrogen-bond acceptors (Lipinski definition) is 3. The van der Waals surface area contributed by atoms with Crippen LogP contribution in [0.25, 0.3) is 0 Å². The lowest BCUT2D eigenvalue weighted by Gasteiger charge is -2.21. The summed E-state index contributed by atoms with van der Waals surface area (Å²) in [6, 6.07) is -1.37. The summed E-state index contributed by atoms with van der Waals surface area (Å²) in [5, 5.41) is 8.92. The second-order valence-electron chi connectivity index (χ2n) is 4.10. The molecule has 0 radical (unpaired) electrons. The van der Waals surface area contributed by atoms with E-state index in [0.717, 1.165) is 0 Å². The van der Waals surface area contributed by atoms with E-state index in [-0.39, 0.29) is 12.0 Å². The van der Waals surface area contributed by atoms with Crippen LogP contribution in [-0.2, 0) is 15.0 Å². The molecule has 0 aliphatic rings. The van der Waals surface area contributed by atoms with Crippen molar-refractivity contribution in [2.75, 3.05) is 0 Å². The first kappa shape index (κ1) is 15.3. The van der Waals surface area contributed by atoms with Crippen molar-refractivity contribution in [3.8, 4) is 0 Å². The number of nitrogens with one attached hydrogen (secondary N) is 2. The second-order valence-corrected chi connectivity index (χ2v) is 5.57. The smallest absolute Gasteiger partial charge is 0.322 e. The van der Waals surface area contributed by atoms with Crippen LogP contribution in [0.4, 0.5) is 0 Å². The summed E-state index contributed by atoms with van der Waals surface area (Å²) in [6.07, 6.45) is 0.584. The van der Waals surface area contributed by atoms with Crippen LogP contribution in [0.2, 0.25) is 0 Å². The number of hydrogen-bond donors (Lipinski definition) is 3. The molecule has 0 saturated carbocycles. The molecule has 16 heavy (non-hydrogen) atoms. The summed E-state index contributed by atoms with van der Waals surface area (Å²) < 4.78 is 27.4. The van der Waals surface area contributed by atoms with Crippen LogP contribution >= 0.6 is 0 Å². The van der Waals surface area contributed by atoms with Crippen molar-refractivity contribution < 1.29 is 18.3 Å². The summed E-state index contributed by atoms with van der Waals surface area (Å²) >= 11 is 0. The van der Waals surface area contributed by atoms with E-state index in [1.807, 2.05) is 6.92 Å². The Morgan fingerprint density at radius 3 is 2.06 bits per heavy atom. The summed E-state index contributed by atoms with van der Waals surface area (Å²) in [5.41, 5.74) is 0. The van der Waals surface area contributed by atoms with Gasteiger partial charge in [-0.05, 0) is 19.8 Å². The van der Waals surface area contributed by atoms with E-state index in [9.17, 15) is 13.2 Å². The van der Waals surface area contributed by atoms with Gasteiger partial charge < -0.3 is 5.11 Å². The third kappa shape index (κ3) is 5.43. The predicted molar refractivity (Wildman–Crippen MR) is 61.2 cm³/mol. The minimum atomic E-state index is -3.76. The third-order valence-electron chi connectivity index (χ3n) is 2.15. The molecule has 96 valence electrons. The standard InChI is InChI=1S/C9H20N2O4S/c1-5-7(4)8(9(12)13)11-16(14,15)10-6(2)3/h6-8,10-11H,5H2,1-4H3,(H,12,13)/t7?,8-/m0/s1. The van der Waals surface area contributed by atoms with Crippen LogP contribution in [0.15, 0.2) is 0 Å².